The van der Waals surface area contributed by atoms with Crippen molar-refractivity contribution >= 4 is 34.2 Å². The molecule has 0 saturated heterocycles. The van der Waals surface area contributed by atoms with Crippen molar-refractivity contribution in [2.45, 2.75) is 6.42 Å². The predicted molar refractivity (Wildman–Crippen MR) is 102 cm³/mol. The van der Waals surface area contributed by atoms with Gasteiger partial charge in [0.25, 0.3) is 0 Å². The van der Waals surface area contributed by atoms with Gasteiger partial charge in [-0.2, -0.15) is 5.10 Å². The molecular formula is C17H14N6S2. The lowest BCUT2D eigenvalue weighted by Gasteiger charge is -2.05. The van der Waals surface area contributed by atoms with Gasteiger partial charge in [0.05, 0.1) is 11.8 Å². The Kier molecular flexibility index (Phi) is 4.45. The fourth-order valence-corrected chi connectivity index (χ4v) is 3.53. The Balaban J connectivity index is 1.45. The van der Waals surface area contributed by atoms with Crippen molar-refractivity contribution in [2.75, 3.05) is 6.54 Å². The van der Waals surface area contributed by atoms with Crippen LogP contribution in [-0.4, -0.2) is 36.1 Å². The second kappa shape index (κ2) is 7.04. The van der Waals surface area contributed by atoms with Gasteiger partial charge in [0, 0.05) is 36.7 Å². The van der Waals surface area contributed by atoms with Crippen LogP contribution in [0.3, 0.4) is 0 Å². The summed E-state index contributed by atoms with van der Waals surface area (Å²) < 4.78 is 1.74. The van der Waals surface area contributed by atoms with Gasteiger partial charge in [0.1, 0.15) is 15.7 Å². The Bertz CT molecular complexity index is 1010. The van der Waals surface area contributed by atoms with E-state index in [1.807, 2.05) is 29.9 Å². The molecule has 6 nitrogen and oxygen atoms in total. The molecule has 0 saturated carbocycles. The van der Waals surface area contributed by atoms with Crippen LogP contribution in [0.5, 0.6) is 0 Å². The summed E-state index contributed by atoms with van der Waals surface area (Å²) in [6, 6.07) is 5.83. The van der Waals surface area contributed by atoms with Crippen LogP contribution in [0.15, 0.2) is 54.6 Å². The molecule has 0 bridgehead atoms. The Morgan fingerprint density at radius 3 is 3.08 bits per heavy atom. The minimum atomic E-state index is 0.649. The average molecular weight is 366 g/mol. The first-order valence-corrected chi connectivity index (χ1v) is 9.01. The molecule has 0 atom stereocenters. The molecule has 0 unspecified atom stereocenters. The molecule has 4 aromatic rings. The number of nitrogens with zero attached hydrogens (tertiary/aromatic N) is 5. The lowest BCUT2D eigenvalue weighted by molar-refractivity contribution is 0.869. The van der Waals surface area contributed by atoms with E-state index in [4.69, 9.17) is 12.2 Å². The third kappa shape index (κ3) is 3.40. The molecule has 1 N–H and O–H groups in total. The highest BCUT2D eigenvalue weighted by molar-refractivity contribution is 7.80. The van der Waals surface area contributed by atoms with E-state index in [0.29, 0.717) is 4.99 Å². The summed E-state index contributed by atoms with van der Waals surface area (Å²) in [5, 5.41) is 10.4. The molecule has 4 aromatic heterocycles. The second-order valence-corrected chi connectivity index (χ2v) is 6.62. The first kappa shape index (κ1) is 15.8. The number of aromatic nitrogens is 5. The monoisotopic (exact) mass is 366 g/mol. The Labute approximate surface area is 153 Å². The SMILES string of the molecule is S=C(NCCc1cccnc1)c1csc(-c2cnn3cccnc23)n1. The molecule has 0 aliphatic rings. The summed E-state index contributed by atoms with van der Waals surface area (Å²) >= 11 is 6.99. The number of thiazole rings is 1. The standard InChI is InChI=1S/C17H14N6S2/c24-16(20-7-4-12-3-1-5-18-9-12)14-11-25-17(22-14)13-10-21-23-8-2-6-19-15(13)23/h1-3,5-6,8-11H,4,7H2,(H,20,24). The molecule has 4 heterocycles. The number of nitrogens with one attached hydrogen (secondary N) is 1. The van der Waals surface area contributed by atoms with Crippen molar-refractivity contribution in [3.8, 4) is 10.6 Å². The molecule has 0 amide bonds. The molecular weight excluding hydrogens is 352 g/mol. The van der Waals surface area contributed by atoms with E-state index in [-0.39, 0.29) is 0 Å². The van der Waals surface area contributed by atoms with Crippen molar-refractivity contribution in [2.24, 2.45) is 0 Å². The second-order valence-electron chi connectivity index (χ2n) is 5.35. The van der Waals surface area contributed by atoms with E-state index in [2.05, 4.69) is 31.4 Å². The molecule has 0 aromatic carbocycles. The minimum absolute atomic E-state index is 0.649. The van der Waals surface area contributed by atoms with Crippen LogP contribution in [0.1, 0.15) is 11.3 Å². The van der Waals surface area contributed by atoms with Crippen molar-refractivity contribution in [1.82, 2.24) is 29.9 Å². The van der Waals surface area contributed by atoms with Gasteiger partial charge in [-0.1, -0.05) is 18.3 Å². The number of fused-ring (bicyclic) bond motifs is 1. The zero-order chi connectivity index (χ0) is 17.1. The van der Waals surface area contributed by atoms with Gasteiger partial charge >= 0.3 is 0 Å². The van der Waals surface area contributed by atoms with Crippen LogP contribution in [0.4, 0.5) is 0 Å². The van der Waals surface area contributed by atoms with Crippen LogP contribution >= 0.6 is 23.6 Å². The maximum atomic E-state index is 5.46. The lowest BCUT2D eigenvalue weighted by Crippen LogP contribution is -2.25. The molecule has 8 heteroatoms. The van der Waals surface area contributed by atoms with E-state index < -0.39 is 0 Å². The van der Waals surface area contributed by atoms with Crippen LogP contribution in [-0.2, 0) is 6.42 Å². The maximum absolute atomic E-state index is 5.46. The fraction of sp³-hybridized carbons (Fsp3) is 0.118. The van der Waals surface area contributed by atoms with E-state index >= 15 is 0 Å². The van der Waals surface area contributed by atoms with Gasteiger partial charge in [-0.05, 0) is 24.1 Å². The van der Waals surface area contributed by atoms with E-state index in [1.54, 1.807) is 23.1 Å². The van der Waals surface area contributed by atoms with Gasteiger partial charge in [-0.3, -0.25) is 4.98 Å². The number of pyridine rings is 1. The van der Waals surface area contributed by atoms with E-state index in [1.165, 1.54) is 16.9 Å². The zero-order valence-corrected chi connectivity index (χ0v) is 14.8. The molecule has 124 valence electrons. The highest BCUT2D eigenvalue weighted by Gasteiger charge is 2.13. The summed E-state index contributed by atoms with van der Waals surface area (Å²) in [4.78, 5) is 13.8. The summed E-state index contributed by atoms with van der Waals surface area (Å²) in [5.74, 6) is 0. The van der Waals surface area contributed by atoms with Crippen molar-refractivity contribution in [1.29, 1.82) is 0 Å². The Morgan fingerprint density at radius 1 is 1.24 bits per heavy atom. The quantitative estimate of drug-likeness (QED) is 0.548. The maximum Gasteiger partial charge on any atom is 0.165 e. The molecule has 0 aliphatic carbocycles. The van der Waals surface area contributed by atoms with Crippen molar-refractivity contribution in [3.63, 3.8) is 0 Å². The van der Waals surface area contributed by atoms with Crippen molar-refractivity contribution < 1.29 is 0 Å². The van der Waals surface area contributed by atoms with Crippen LogP contribution in [0.25, 0.3) is 16.2 Å². The first-order chi connectivity index (χ1) is 12.3. The van der Waals surface area contributed by atoms with Crippen LogP contribution in [0, 0.1) is 0 Å². The summed E-state index contributed by atoms with van der Waals surface area (Å²) in [5.41, 5.74) is 3.65. The summed E-state index contributed by atoms with van der Waals surface area (Å²) in [7, 11) is 0. The molecule has 0 radical (unpaired) electrons. The van der Waals surface area contributed by atoms with Gasteiger partial charge in [0.15, 0.2) is 5.65 Å². The van der Waals surface area contributed by atoms with Crippen LogP contribution < -0.4 is 5.32 Å². The number of hydrogen-bond donors (Lipinski definition) is 1. The molecule has 0 aliphatic heterocycles. The topological polar surface area (TPSA) is 68.0 Å². The van der Waals surface area contributed by atoms with Gasteiger partial charge in [-0.15, -0.1) is 11.3 Å². The third-order valence-corrected chi connectivity index (χ3v) is 4.90. The smallest absolute Gasteiger partial charge is 0.165 e. The predicted octanol–water partition coefficient (Wildman–Crippen LogP) is 2.76. The van der Waals surface area contributed by atoms with E-state index in [9.17, 15) is 0 Å². The fourth-order valence-electron chi connectivity index (χ4n) is 2.44. The highest BCUT2D eigenvalue weighted by atomic mass is 32.1. The molecule has 4 rings (SSSR count). The summed E-state index contributed by atoms with van der Waals surface area (Å²) in [6.07, 6.45) is 9.90. The number of rotatable bonds is 5. The van der Waals surface area contributed by atoms with E-state index in [0.717, 1.165) is 34.9 Å². The highest BCUT2D eigenvalue weighted by Crippen LogP contribution is 2.26. The normalized spacial score (nSPS) is 10.9. The van der Waals surface area contributed by atoms with Gasteiger partial charge < -0.3 is 5.32 Å². The molecule has 0 fully saturated rings. The molecule has 25 heavy (non-hydrogen) atoms. The Morgan fingerprint density at radius 2 is 2.20 bits per heavy atom. The Hall–Kier alpha value is -2.71. The average Bonchev–Trinajstić information content (AvgIpc) is 3.29. The first-order valence-electron chi connectivity index (χ1n) is 7.72. The largest absolute Gasteiger partial charge is 0.374 e. The minimum Gasteiger partial charge on any atom is -0.374 e. The zero-order valence-electron chi connectivity index (χ0n) is 13.2. The lowest BCUT2D eigenvalue weighted by atomic mass is 10.2. The molecule has 0 spiro atoms. The van der Waals surface area contributed by atoms with Crippen LogP contribution in [0.2, 0.25) is 0 Å². The van der Waals surface area contributed by atoms with Gasteiger partial charge in [-0.25, -0.2) is 14.5 Å². The number of hydrogen-bond acceptors (Lipinski definition) is 6. The third-order valence-electron chi connectivity index (χ3n) is 3.67. The van der Waals surface area contributed by atoms with Gasteiger partial charge in [0.2, 0.25) is 0 Å². The number of thiocarbonyl (C=S) groups is 1. The summed E-state index contributed by atoms with van der Waals surface area (Å²) in [6.45, 7) is 0.746. The van der Waals surface area contributed by atoms with Crippen molar-refractivity contribution in [3.05, 3.63) is 65.8 Å².